The number of nitrogens with one attached hydrogen (secondary N) is 1. The van der Waals surface area contributed by atoms with E-state index in [-0.39, 0.29) is 0 Å². The van der Waals surface area contributed by atoms with Crippen LogP contribution in [0.3, 0.4) is 0 Å². The summed E-state index contributed by atoms with van der Waals surface area (Å²) in [5, 5.41) is 44.0. The Balaban J connectivity index is 3.53. The first kappa shape index (κ1) is 66.0. The van der Waals surface area contributed by atoms with Gasteiger partial charge in [-0.1, -0.05) is 315 Å². The van der Waals surface area contributed by atoms with E-state index in [9.17, 15) is 25.2 Å². The number of aliphatic hydroxyl groups is 4. The number of unbranched alkanes of at least 4 members (excludes halogenated alkanes) is 46. The van der Waals surface area contributed by atoms with E-state index in [0.717, 1.165) is 38.5 Å². The first-order chi connectivity index (χ1) is 33.0. The number of aliphatic hydroxyl groups excluding tert-OH is 4. The lowest BCUT2D eigenvalue weighted by Crippen LogP contribution is -2.53. The van der Waals surface area contributed by atoms with Gasteiger partial charge in [-0.25, -0.2) is 0 Å². The van der Waals surface area contributed by atoms with Crippen molar-refractivity contribution in [3.05, 3.63) is 12.2 Å². The molecule has 0 rings (SSSR count). The van der Waals surface area contributed by atoms with Crippen molar-refractivity contribution in [1.29, 1.82) is 0 Å². The average Bonchev–Trinajstić information content (AvgIpc) is 3.33. The van der Waals surface area contributed by atoms with Gasteiger partial charge in [-0.2, -0.15) is 0 Å². The average molecular weight is 949 g/mol. The summed E-state index contributed by atoms with van der Waals surface area (Å²) in [6, 6.07) is -0.999. The van der Waals surface area contributed by atoms with Gasteiger partial charge < -0.3 is 25.7 Å². The van der Waals surface area contributed by atoms with Gasteiger partial charge in [-0.3, -0.25) is 4.79 Å². The van der Waals surface area contributed by atoms with Crippen LogP contribution in [0.1, 0.15) is 341 Å². The molecular weight excluding hydrogens is 827 g/mol. The second-order valence-corrected chi connectivity index (χ2v) is 21.4. The van der Waals surface area contributed by atoms with Crippen LogP contribution >= 0.6 is 0 Å². The van der Waals surface area contributed by atoms with Gasteiger partial charge in [0, 0.05) is 0 Å². The summed E-state index contributed by atoms with van der Waals surface area (Å²) >= 11 is 0. The predicted octanol–water partition coefficient (Wildman–Crippen LogP) is 18.0. The summed E-state index contributed by atoms with van der Waals surface area (Å²) in [5.41, 5.74) is 0. The first-order valence-electron chi connectivity index (χ1n) is 30.6. The van der Waals surface area contributed by atoms with Gasteiger partial charge in [0.25, 0.3) is 0 Å². The van der Waals surface area contributed by atoms with Gasteiger partial charge in [0.15, 0.2) is 0 Å². The largest absolute Gasteiger partial charge is 0.394 e. The van der Waals surface area contributed by atoms with Crippen molar-refractivity contribution >= 4 is 5.91 Å². The highest BCUT2D eigenvalue weighted by Gasteiger charge is 2.28. The number of hydrogen-bond acceptors (Lipinski definition) is 5. The molecule has 0 aliphatic heterocycles. The predicted molar refractivity (Wildman–Crippen MR) is 293 cm³/mol. The third-order valence-electron chi connectivity index (χ3n) is 14.7. The van der Waals surface area contributed by atoms with Crippen molar-refractivity contribution in [2.24, 2.45) is 0 Å². The normalized spacial score (nSPS) is 13.7. The van der Waals surface area contributed by atoms with Crippen LogP contribution in [0.2, 0.25) is 0 Å². The third-order valence-corrected chi connectivity index (χ3v) is 14.7. The van der Waals surface area contributed by atoms with Crippen LogP contribution in [-0.4, -0.2) is 57.3 Å². The molecule has 0 saturated carbocycles. The number of hydrogen-bond donors (Lipinski definition) is 5. The van der Waals surface area contributed by atoms with Crippen molar-refractivity contribution < 1.29 is 25.2 Å². The molecule has 0 saturated heterocycles. The van der Waals surface area contributed by atoms with Crippen LogP contribution in [0.25, 0.3) is 0 Å². The summed E-state index contributed by atoms with van der Waals surface area (Å²) in [4.78, 5) is 12.6. The van der Waals surface area contributed by atoms with Crippen molar-refractivity contribution in [3.8, 4) is 0 Å². The zero-order valence-corrected chi connectivity index (χ0v) is 45.4. The van der Waals surface area contributed by atoms with Crippen LogP contribution in [0.5, 0.6) is 0 Å². The van der Waals surface area contributed by atoms with E-state index in [1.54, 1.807) is 0 Å². The monoisotopic (exact) mass is 948 g/mol. The quantitative estimate of drug-likeness (QED) is 0.0308. The highest BCUT2D eigenvalue weighted by molar-refractivity contribution is 5.80. The molecule has 0 aromatic heterocycles. The molecule has 0 heterocycles. The van der Waals surface area contributed by atoms with E-state index >= 15 is 0 Å². The van der Waals surface area contributed by atoms with Gasteiger partial charge in [0.2, 0.25) is 5.91 Å². The molecule has 0 aromatic carbocycles. The van der Waals surface area contributed by atoms with Crippen molar-refractivity contribution in [2.75, 3.05) is 6.61 Å². The Morgan fingerprint density at radius 1 is 0.358 bits per heavy atom. The molecule has 400 valence electrons. The van der Waals surface area contributed by atoms with E-state index < -0.39 is 36.9 Å². The van der Waals surface area contributed by atoms with Crippen LogP contribution in [-0.2, 0) is 4.79 Å². The number of amides is 1. The van der Waals surface area contributed by atoms with Crippen molar-refractivity contribution in [3.63, 3.8) is 0 Å². The molecule has 0 aromatic rings. The Morgan fingerprint density at radius 3 is 0.896 bits per heavy atom. The fourth-order valence-corrected chi connectivity index (χ4v) is 9.94. The molecular formula is C61H121NO5. The minimum Gasteiger partial charge on any atom is -0.394 e. The van der Waals surface area contributed by atoms with Crippen molar-refractivity contribution in [2.45, 2.75) is 366 Å². The summed E-state index contributed by atoms with van der Waals surface area (Å²) < 4.78 is 0. The summed E-state index contributed by atoms with van der Waals surface area (Å²) in [6.07, 6.45) is 67.4. The lowest BCUT2D eigenvalue weighted by molar-refractivity contribution is -0.132. The Labute approximate surface area is 419 Å². The zero-order valence-electron chi connectivity index (χ0n) is 45.4. The smallest absolute Gasteiger partial charge is 0.249 e. The molecule has 6 nitrogen and oxygen atoms in total. The van der Waals surface area contributed by atoms with E-state index in [1.807, 2.05) is 0 Å². The van der Waals surface area contributed by atoms with Crippen LogP contribution in [0.4, 0.5) is 0 Å². The first-order valence-corrected chi connectivity index (χ1v) is 30.6. The minimum atomic E-state index is -1.28. The van der Waals surface area contributed by atoms with Crippen molar-refractivity contribution in [1.82, 2.24) is 5.32 Å². The van der Waals surface area contributed by atoms with E-state index in [2.05, 4.69) is 31.3 Å². The Morgan fingerprint density at radius 2 is 0.612 bits per heavy atom. The highest BCUT2D eigenvalue weighted by Crippen LogP contribution is 2.19. The second-order valence-electron chi connectivity index (χ2n) is 21.4. The number of allylic oxidation sites excluding steroid dienone is 2. The summed E-state index contributed by atoms with van der Waals surface area (Å²) in [6.45, 7) is 4.08. The topological polar surface area (TPSA) is 110 Å². The molecule has 0 aliphatic rings. The SMILES string of the molecule is CCCCCCCCCCCCCC/C=C/CCCC(O)C(O)C(CO)NC(=O)C(O)CCCCCCCCCCCCCCCCCCCCCCCCCCCCCCCCCCCC. The van der Waals surface area contributed by atoms with E-state index in [0.29, 0.717) is 12.8 Å². The Hall–Kier alpha value is -0.950. The molecule has 0 radical (unpaired) electrons. The van der Waals surface area contributed by atoms with Crippen LogP contribution in [0.15, 0.2) is 12.2 Å². The minimum absolute atomic E-state index is 0.369. The second kappa shape index (κ2) is 56.0. The van der Waals surface area contributed by atoms with Crippen LogP contribution in [0, 0.1) is 0 Å². The number of carbonyl (C=O) groups is 1. The molecule has 0 bridgehead atoms. The van der Waals surface area contributed by atoms with Gasteiger partial charge in [0.1, 0.15) is 12.2 Å². The molecule has 6 heteroatoms. The molecule has 0 fully saturated rings. The zero-order chi connectivity index (χ0) is 48.8. The van der Waals surface area contributed by atoms with Gasteiger partial charge in [-0.05, 0) is 38.5 Å². The fraction of sp³-hybridized carbons (Fsp3) is 0.951. The van der Waals surface area contributed by atoms with E-state index in [4.69, 9.17) is 0 Å². The lowest BCUT2D eigenvalue weighted by Gasteiger charge is -2.27. The molecule has 67 heavy (non-hydrogen) atoms. The molecule has 0 aliphatic carbocycles. The maximum atomic E-state index is 12.6. The maximum absolute atomic E-state index is 12.6. The molecule has 1 amide bonds. The van der Waals surface area contributed by atoms with Gasteiger partial charge in [-0.15, -0.1) is 0 Å². The fourth-order valence-electron chi connectivity index (χ4n) is 9.94. The molecule has 4 atom stereocenters. The summed E-state index contributed by atoms with van der Waals surface area (Å²) in [7, 11) is 0. The Bertz CT molecular complexity index is 975. The standard InChI is InChI=1S/C61H121NO5/c1-3-5-7-9-11-13-15-17-19-21-22-23-24-25-26-27-28-29-30-31-32-33-34-35-36-37-39-41-43-45-47-49-51-53-55-59(65)61(67)62-57(56-63)60(66)58(64)54-52-50-48-46-44-42-40-38-20-18-16-14-12-10-8-6-4-2/h46,48,57-60,63-66H,3-45,47,49-56H2,1-2H3,(H,62,67)/b48-46+. The molecule has 5 N–H and O–H groups in total. The number of carbonyl (C=O) groups excluding carboxylic acids is 1. The maximum Gasteiger partial charge on any atom is 0.249 e. The molecule has 4 unspecified atom stereocenters. The van der Waals surface area contributed by atoms with Gasteiger partial charge in [0.05, 0.1) is 18.8 Å². The molecule has 0 spiro atoms. The third kappa shape index (κ3) is 49.8. The number of rotatable bonds is 57. The van der Waals surface area contributed by atoms with Gasteiger partial charge >= 0.3 is 0 Å². The van der Waals surface area contributed by atoms with E-state index in [1.165, 1.54) is 276 Å². The lowest BCUT2D eigenvalue weighted by atomic mass is 10.00. The Kier molecular flexibility index (Phi) is 55.2. The van der Waals surface area contributed by atoms with Crippen LogP contribution < -0.4 is 5.32 Å². The summed E-state index contributed by atoms with van der Waals surface area (Å²) in [5.74, 6) is -0.586. The highest BCUT2D eigenvalue weighted by atomic mass is 16.3.